The van der Waals surface area contributed by atoms with Gasteiger partial charge in [-0.05, 0) is 35.7 Å². The Morgan fingerprint density at radius 2 is 1.48 bits per heavy atom. The van der Waals surface area contributed by atoms with Crippen LogP contribution in [-0.2, 0) is 20.9 Å². The monoisotopic (exact) mass is 424 g/mol. The van der Waals surface area contributed by atoms with Crippen LogP contribution in [0.15, 0.2) is 77.4 Å². The van der Waals surface area contributed by atoms with Crippen molar-refractivity contribution in [2.45, 2.75) is 19.5 Å². The summed E-state index contributed by atoms with van der Waals surface area (Å²) in [6, 6.07) is 22.4. The number of carboxylic acids is 2. The zero-order chi connectivity index (χ0) is 22.6. The summed E-state index contributed by atoms with van der Waals surface area (Å²) < 4.78 is 5.19. The van der Waals surface area contributed by atoms with Crippen molar-refractivity contribution >= 4 is 17.8 Å². The zero-order valence-electron chi connectivity index (χ0n) is 16.9. The summed E-state index contributed by atoms with van der Waals surface area (Å²) in [4.78, 5) is 30.1. The maximum Gasteiger partial charge on any atom is 0.414 e. The first-order valence-corrected chi connectivity index (χ1v) is 9.51. The second kappa shape index (κ2) is 11.9. The molecule has 162 valence electrons. The normalized spacial score (nSPS) is 11.0. The molecule has 4 N–H and O–H groups in total. The fourth-order valence-electron chi connectivity index (χ4n) is 2.62. The number of carboxylic acid groups (broad SMARTS) is 2. The van der Waals surface area contributed by atoms with E-state index in [2.05, 4.69) is 54.0 Å². The lowest BCUT2D eigenvalue weighted by Gasteiger charge is -2.14. The summed E-state index contributed by atoms with van der Waals surface area (Å²) in [6.07, 6.45) is 1.60. The van der Waals surface area contributed by atoms with Crippen LogP contribution in [0.3, 0.4) is 0 Å². The van der Waals surface area contributed by atoms with E-state index in [0.717, 1.165) is 11.3 Å². The third-order valence-corrected chi connectivity index (χ3v) is 4.31. The first kappa shape index (κ1) is 23.4. The Labute approximate surface area is 179 Å². The van der Waals surface area contributed by atoms with E-state index in [-0.39, 0.29) is 18.5 Å². The van der Waals surface area contributed by atoms with E-state index in [1.54, 1.807) is 12.3 Å². The molecule has 0 aliphatic rings. The first-order valence-electron chi connectivity index (χ1n) is 9.51. The van der Waals surface area contributed by atoms with Crippen LogP contribution < -0.4 is 10.6 Å². The van der Waals surface area contributed by atoms with E-state index < -0.39 is 11.9 Å². The van der Waals surface area contributed by atoms with Gasteiger partial charge < -0.3 is 25.3 Å². The molecule has 1 unspecified atom stereocenters. The van der Waals surface area contributed by atoms with Gasteiger partial charge in [0.05, 0.1) is 19.4 Å². The van der Waals surface area contributed by atoms with Gasteiger partial charge in [0.15, 0.2) is 0 Å². The Hall–Kier alpha value is -3.91. The summed E-state index contributed by atoms with van der Waals surface area (Å²) in [6.45, 7) is 2.73. The molecule has 3 aromatic rings. The van der Waals surface area contributed by atoms with E-state index in [0.29, 0.717) is 6.54 Å². The van der Waals surface area contributed by atoms with Crippen molar-refractivity contribution in [3.63, 3.8) is 0 Å². The molecule has 1 heterocycles. The van der Waals surface area contributed by atoms with Gasteiger partial charge in [0.2, 0.25) is 5.91 Å². The minimum absolute atomic E-state index is 0.0517. The van der Waals surface area contributed by atoms with Gasteiger partial charge in [0.25, 0.3) is 0 Å². The molecule has 31 heavy (non-hydrogen) atoms. The van der Waals surface area contributed by atoms with Gasteiger partial charge in [-0.25, -0.2) is 9.59 Å². The molecule has 0 aliphatic carbocycles. The van der Waals surface area contributed by atoms with Crippen molar-refractivity contribution in [1.29, 1.82) is 0 Å². The van der Waals surface area contributed by atoms with Crippen molar-refractivity contribution in [2.75, 3.05) is 6.54 Å². The maximum absolute atomic E-state index is 11.9. The number of carbonyl (C=O) groups is 3. The number of benzene rings is 2. The highest BCUT2D eigenvalue weighted by Crippen LogP contribution is 2.21. The van der Waals surface area contributed by atoms with Crippen molar-refractivity contribution < 1.29 is 29.0 Å². The summed E-state index contributed by atoms with van der Waals surface area (Å²) >= 11 is 0. The average molecular weight is 424 g/mol. The van der Waals surface area contributed by atoms with Crippen molar-refractivity contribution in [3.8, 4) is 11.1 Å². The number of rotatable bonds is 7. The number of hydrogen-bond donors (Lipinski definition) is 4. The van der Waals surface area contributed by atoms with Crippen LogP contribution in [0.2, 0.25) is 0 Å². The van der Waals surface area contributed by atoms with Gasteiger partial charge in [-0.1, -0.05) is 54.6 Å². The highest BCUT2D eigenvalue weighted by molar-refractivity contribution is 6.27. The van der Waals surface area contributed by atoms with E-state index >= 15 is 0 Å². The number of amides is 1. The third-order valence-electron chi connectivity index (χ3n) is 4.31. The van der Waals surface area contributed by atoms with Gasteiger partial charge in [-0.15, -0.1) is 0 Å². The Morgan fingerprint density at radius 3 is 2.03 bits per heavy atom. The van der Waals surface area contributed by atoms with Crippen LogP contribution in [-0.4, -0.2) is 34.6 Å². The fraction of sp³-hybridized carbons (Fsp3) is 0.174. The molecule has 2 aromatic carbocycles. The van der Waals surface area contributed by atoms with Gasteiger partial charge in [-0.3, -0.25) is 4.79 Å². The van der Waals surface area contributed by atoms with Gasteiger partial charge in [0.1, 0.15) is 5.76 Å². The molecule has 1 aromatic heterocycles. The predicted octanol–water partition coefficient (Wildman–Crippen LogP) is 3.07. The van der Waals surface area contributed by atoms with Crippen LogP contribution in [0.1, 0.15) is 24.3 Å². The van der Waals surface area contributed by atoms with Crippen LogP contribution in [0, 0.1) is 0 Å². The van der Waals surface area contributed by atoms with E-state index in [9.17, 15) is 4.79 Å². The minimum Gasteiger partial charge on any atom is -0.473 e. The lowest BCUT2D eigenvalue weighted by molar-refractivity contribution is -0.159. The van der Waals surface area contributed by atoms with Crippen LogP contribution in [0.25, 0.3) is 11.1 Å². The molecule has 1 amide bonds. The Bertz CT molecular complexity index is 957. The predicted molar refractivity (Wildman–Crippen MR) is 114 cm³/mol. The second-order valence-electron chi connectivity index (χ2n) is 6.56. The van der Waals surface area contributed by atoms with Gasteiger partial charge in [-0.2, -0.15) is 0 Å². The summed E-state index contributed by atoms with van der Waals surface area (Å²) in [5, 5.41) is 20.9. The Morgan fingerprint density at radius 1 is 0.871 bits per heavy atom. The van der Waals surface area contributed by atoms with E-state index in [4.69, 9.17) is 24.2 Å². The molecule has 8 nitrogen and oxygen atoms in total. The molecule has 8 heteroatoms. The number of aliphatic carboxylic acids is 2. The second-order valence-corrected chi connectivity index (χ2v) is 6.56. The number of furan rings is 1. The standard InChI is InChI=1S/C21H22N2O2.C2H2O4/c1-16(22-15-21(24)23-14-20-8-5-13-25-20)17-9-11-19(12-10-17)18-6-3-2-4-7-18;3-1(4)2(5)6/h2-13,16,22H,14-15H2,1H3,(H,23,24);(H,3,4)(H,5,6). The van der Waals surface area contributed by atoms with Gasteiger partial charge in [0, 0.05) is 6.04 Å². The molecular formula is C23H24N2O6. The first-order chi connectivity index (χ1) is 14.9. The third kappa shape index (κ3) is 8.15. The van der Waals surface area contributed by atoms with E-state index in [1.165, 1.54) is 11.1 Å². The van der Waals surface area contributed by atoms with Crippen molar-refractivity contribution in [2.24, 2.45) is 0 Å². The smallest absolute Gasteiger partial charge is 0.414 e. The number of hydrogen-bond acceptors (Lipinski definition) is 5. The Kier molecular flexibility index (Phi) is 9.00. The molecular weight excluding hydrogens is 400 g/mol. The number of nitrogens with one attached hydrogen (secondary N) is 2. The average Bonchev–Trinajstić information content (AvgIpc) is 3.31. The van der Waals surface area contributed by atoms with Crippen molar-refractivity contribution in [3.05, 3.63) is 84.3 Å². The lowest BCUT2D eigenvalue weighted by atomic mass is 10.0. The molecule has 1 atom stereocenters. The van der Waals surface area contributed by atoms with E-state index in [1.807, 2.05) is 24.3 Å². The summed E-state index contributed by atoms with van der Waals surface area (Å²) in [7, 11) is 0. The Balaban J connectivity index is 0.000000501. The molecule has 3 rings (SSSR count). The van der Waals surface area contributed by atoms with Crippen molar-refractivity contribution in [1.82, 2.24) is 10.6 Å². The molecule has 0 bridgehead atoms. The SMILES string of the molecule is CC(NCC(=O)NCc1ccco1)c1ccc(-c2ccccc2)cc1.O=C(O)C(=O)O. The summed E-state index contributed by atoms with van der Waals surface area (Å²) in [5.41, 5.74) is 3.54. The lowest BCUT2D eigenvalue weighted by Crippen LogP contribution is -2.34. The van der Waals surface area contributed by atoms with Crippen LogP contribution in [0.4, 0.5) is 0 Å². The fourth-order valence-corrected chi connectivity index (χ4v) is 2.62. The highest BCUT2D eigenvalue weighted by atomic mass is 16.4. The largest absolute Gasteiger partial charge is 0.473 e. The molecule has 0 saturated heterocycles. The molecule has 0 radical (unpaired) electrons. The highest BCUT2D eigenvalue weighted by Gasteiger charge is 2.08. The topological polar surface area (TPSA) is 129 Å². The molecule has 0 saturated carbocycles. The number of carbonyl (C=O) groups excluding carboxylic acids is 1. The molecule has 0 spiro atoms. The van der Waals surface area contributed by atoms with Gasteiger partial charge >= 0.3 is 11.9 Å². The zero-order valence-corrected chi connectivity index (χ0v) is 16.9. The molecule has 0 fully saturated rings. The van der Waals surface area contributed by atoms with Crippen LogP contribution in [0.5, 0.6) is 0 Å². The minimum atomic E-state index is -1.82. The molecule has 0 aliphatic heterocycles. The summed E-state index contributed by atoms with van der Waals surface area (Å²) in [5.74, 6) is -2.95. The van der Waals surface area contributed by atoms with Crippen LogP contribution >= 0.6 is 0 Å². The maximum atomic E-state index is 11.9. The quantitative estimate of drug-likeness (QED) is 0.429.